The van der Waals surface area contributed by atoms with Gasteiger partial charge in [0.2, 0.25) is 0 Å². The number of hydrogen-bond donors (Lipinski definition) is 0. The van der Waals surface area contributed by atoms with Crippen molar-refractivity contribution in [1.82, 2.24) is 4.90 Å². The summed E-state index contributed by atoms with van der Waals surface area (Å²) in [4.78, 5) is 26.2. The van der Waals surface area contributed by atoms with Gasteiger partial charge in [-0.15, -0.1) is 0 Å². The van der Waals surface area contributed by atoms with Crippen molar-refractivity contribution in [2.24, 2.45) is 0 Å². The maximum atomic E-state index is 12.9. The molecule has 0 radical (unpaired) electrons. The predicted octanol–water partition coefficient (Wildman–Crippen LogP) is 5.61. The Labute approximate surface area is 190 Å². The van der Waals surface area contributed by atoms with E-state index in [9.17, 15) is 9.59 Å². The number of hydrogen-bond acceptors (Lipinski definition) is 4. The van der Waals surface area contributed by atoms with Crippen LogP contribution in [-0.2, 0) is 0 Å². The van der Waals surface area contributed by atoms with Crippen LogP contribution in [-0.4, -0.2) is 30.0 Å². The Kier molecular flexibility index (Phi) is 6.35. The Balaban J connectivity index is 1.37. The number of benzene rings is 2. The van der Waals surface area contributed by atoms with Crippen LogP contribution in [0.25, 0.3) is 11.1 Å². The first-order chi connectivity index (χ1) is 14.9. The first-order valence-electron chi connectivity index (χ1n) is 10.0. The van der Waals surface area contributed by atoms with Crippen molar-refractivity contribution in [3.05, 3.63) is 86.4 Å². The number of ether oxygens (including phenoxy) is 1. The molecule has 0 aliphatic carbocycles. The lowest BCUT2D eigenvalue weighted by Gasteiger charge is -2.32. The quantitative estimate of drug-likeness (QED) is 0.510. The van der Waals surface area contributed by atoms with E-state index in [0.717, 1.165) is 11.1 Å². The van der Waals surface area contributed by atoms with Crippen LogP contribution in [0.2, 0.25) is 10.0 Å². The van der Waals surface area contributed by atoms with Crippen molar-refractivity contribution < 1.29 is 13.9 Å². The SMILES string of the molecule is Cc1cc(OC2CCN(C(=O)c3ccc(-c4ccc(Cl)c(Cl)c4)cc3)CC2)cc(=O)o1. The molecule has 2 heterocycles. The summed E-state index contributed by atoms with van der Waals surface area (Å²) in [5.41, 5.74) is 2.12. The van der Waals surface area contributed by atoms with Crippen molar-refractivity contribution in [2.45, 2.75) is 25.9 Å². The first kappa shape index (κ1) is 21.5. The average Bonchev–Trinajstić information content (AvgIpc) is 2.75. The molecule has 4 rings (SSSR count). The summed E-state index contributed by atoms with van der Waals surface area (Å²) < 4.78 is 10.9. The summed E-state index contributed by atoms with van der Waals surface area (Å²) in [6.45, 7) is 2.90. The average molecular weight is 458 g/mol. The van der Waals surface area contributed by atoms with Gasteiger partial charge in [-0.2, -0.15) is 0 Å². The number of aryl methyl sites for hydroxylation is 1. The molecular weight excluding hydrogens is 437 g/mol. The third kappa shape index (κ3) is 5.12. The maximum Gasteiger partial charge on any atom is 0.339 e. The number of nitrogens with zero attached hydrogens (tertiary/aromatic N) is 1. The van der Waals surface area contributed by atoms with E-state index in [1.54, 1.807) is 19.1 Å². The van der Waals surface area contributed by atoms with Crippen LogP contribution in [0.3, 0.4) is 0 Å². The predicted molar refractivity (Wildman–Crippen MR) is 121 cm³/mol. The zero-order chi connectivity index (χ0) is 22.0. The van der Waals surface area contributed by atoms with Gasteiger partial charge in [0.15, 0.2) is 0 Å². The third-order valence-electron chi connectivity index (χ3n) is 5.28. The van der Waals surface area contributed by atoms with Crippen molar-refractivity contribution in [3.8, 4) is 16.9 Å². The lowest BCUT2D eigenvalue weighted by atomic mass is 10.0. The van der Waals surface area contributed by atoms with Crippen molar-refractivity contribution in [2.75, 3.05) is 13.1 Å². The van der Waals surface area contributed by atoms with Gasteiger partial charge in [-0.05, 0) is 42.3 Å². The van der Waals surface area contributed by atoms with Gasteiger partial charge in [-0.1, -0.05) is 41.4 Å². The first-order valence-corrected chi connectivity index (χ1v) is 10.8. The van der Waals surface area contributed by atoms with Gasteiger partial charge >= 0.3 is 5.63 Å². The van der Waals surface area contributed by atoms with Crippen LogP contribution in [0, 0.1) is 6.92 Å². The molecule has 5 nitrogen and oxygen atoms in total. The standard InChI is InChI=1S/C24H21Cl2NO4/c1-15-12-20(14-23(28)30-15)31-19-8-10-27(11-9-19)24(29)17-4-2-16(3-5-17)18-6-7-21(25)22(26)13-18/h2-7,12-14,19H,8-11H2,1H3. The zero-order valence-electron chi connectivity index (χ0n) is 16.9. The number of halogens is 2. The topological polar surface area (TPSA) is 59.8 Å². The summed E-state index contributed by atoms with van der Waals surface area (Å²) in [6, 6.07) is 16.0. The summed E-state index contributed by atoms with van der Waals surface area (Å²) >= 11 is 12.1. The molecule has 1 amide bonds. The number of piperidine rings is 1. The second-order valence-corrected chi connectivity index (χ2v) is 8.35. The lowest BCUT2D eigenvalue weighted by molar-refractivity contribution is 0.0594. The van der Waals surface area contributed by atoms with Gasteiger partial charge in [0.25, 0.3) is 5.91 Å². The van der Waals surface area contributed by atoms with Gasteiger partial charge in [0.1, 0.15) is 17.6 Å². The number of amides is 1. The molecule has 0 N–H and O–H groups in total. The van der Waals surface area contributed by atoms with Gasteiger partial charge in [0.05, 0.1) is 16.1 Å². The molecule has 31 heavy (non-hydrogen) atoms. The summed E-state index contributed by atoms with van der Waals surface area (Å²) in [5.74, 6) is 1.02. The molecule has 1 saturated heterocycles. The molecule has 0 bridgehead atoms. The van der Waals surface area contributed by atoms with Gasteiger partial charge in [-0.3, -0.25) is 4.79 Å². The monoisotopic (exact) mass is 457 g/mol. The lowest BCUT2D eigenvalue weighted by Crippen LogP contribution is -2.41. The van der Waals surface area contributed by atoms with E-state index in [1.807, 2.05) is 41.3 Å². The largest absolute Gasteiger partial charge is 0.490 e. The minimum Gasteiger partial charge on any atom is -0.490 e. The molecule has 160 valence electrons. The van der Waals surface area contributed by atoms with E-state index in [0.29, 0.717) is 53.0 Å². The summed E-state index contributed by atoms with van der Waals surface area (Å²) in [5, 5.41) is 1.01. The minimum atomic E-state index is -0.424. The highest BCUT2D eigenvalue weighted by molar-refractivity contribution is 6.42. The fourth-order valence-electron chi connectivity index (χ4n) is 3.68. The van der Waals surface area contributed by atoms with Crippen LogP contribution in [0.15, 0.2) is 63.8 Å². The molecule has 1 aliphatic rings. The fraction of sp³-hybridized carbons (Fsp3) is 0.250. The maximum absolute atomic E-state index is 12.9. The Hall–Kier alpha value is -2.76. The van der Waals surface area contributed by atoms with Crippen LogP contribution >= 0.6 is 23.2 Å². The number of carbonyl (C=O) groups is 1. The van der Waals surface area contributed by atoms with Crippen LogP contribution < -0.4 is 10.4 Å². The van der Waals surface area contributed by atoms with Crippen LogP contribution in [0.1, 0.15) is 29.0 Å². The Morgan fingerprint density at radius 2 is 1.65 bits per heavy atom. The Morgan fingerprint density at radius 1 is 0.968 bits per heavy atom. The molecule has 2 aromatic carbocycles. The van der Waals surface area contributed by atoms with E-state index in [4.69, 9.17) is 32.4 Å². The van der Waals surface area contributed by atoms with Gasteiger partial charge in [0, 0.05) is 37.6 Å². The van der Waals surface area contributed by atoms with E-state index in [2.05, 4.69) is 0 Å². The Morgan fingerprint density at radius 3 is 2.29 bits per heavy atom. The molecule has 0 unspecified atom stereocenters. The van der Waals surface area contributed by atoms with Crippen LogP contribution in [0.4, 0.5) is 0 Å². The minimum absolute atomic E-state index is 0.00432. The summed E-state index contributed by atoms with van der Waals surface area (Å²) in [7, 11) is 0. The normalized spacial score (nSPS) is 14.5. The molecule has 1 aliphatic heterocycles. The highest BCUT2D eigenvalue weighted by Gasteiger charge is 2.25. The Bertz CT molecular complexity index is 1150. The molecule has 0 atom stereocenters. The highest BCUT2D eigenvalue weighted by Crippen LogP contribution is 2.29. The third-order valence-corrected chi connectivity index (χ3v) is 6.02. The summed E-state index contributed by atoms with van der Waals surface area (Å²) in [6.07, 6.45) is 1.36. The number of carbonyl (C=O) groups excluding carboxylic acids is 1. The van der Waals surface area contributed by atoms with Gasteiger partial charge in [-0.25, -0.2) is 4.79 Å². The molecule has 1 fully saturated rings. The smallest absolute Gasteiger partial charge is 0.339 e. The van der Waals surface area contributed by atoms with E-state index in [-0.39, 0.29) is 12.0 Å². The highest BCUT2D eigenvalue weighted by atomic mass is 35.5. The zero-order valence-corrected chi connectivity index (χ0v) is 18.4. The molecular formula is C24H21Cl2NO4. The number of likely N-dealkylation sites (tertiary alicyclic amines) is 1. The van der Waals surface area contributed by atoms with E-state index >= 15 is 0 Å². The van der Waals surface area contributed by atoms with E-state index < -0.39 is 5.63 Å². The number of rotatable bonds is 4. The van der Waals surface area contributed by atoms with Crippen molar-refractivity contribution >= 4 is 29.1 Å². The molecule has 0 saturated carbocycles. The van der Waals surface area contributed by atoms with Gasteiger partial charge < -0.3 is 14.1 Å². The second kappa shape index (κ2) is 9.16. The molecule has 3 aromatic rings. The molecule has 0 spiro atoms. The fourth-order valence-corrected chi connectivity index (χ4v) is 3.97. The van der Waals surface area contributed by atoms with Crippen LogP contribution in [0.5, 0.6) is 5.75 Å². The molecule has 7 heteroatoms. The van der Waals surface area contributed by atoms with E-state index in [1.165, 1.54) is 6.07 Å². The molecule has 1 aromatic heterocycles. The van der Waals surface area contributed by atoms with Crippen molar-refractivity contribution in [1.29, 1.82) is 0 Å². The van der Waals surface area contributed by atoms with Crippen molar-refractivity contribution in [3.63, 3.8) is 0 Å². The second-order valence-electron chi connectivity index (χ2n) is 7.54.